The van der Waals surface area contributed by atoms with Crippen molar-refractivity contribution in [3.05, 3.63) is 57.6 Å². The molecular formula is C18H15F6N5O3S. The number of nitrogens with zero attached hydrogens (tertiary/aromatic N) is 4. The monoisotopic (exact) mass is 495 g/mol. The molecule has 2 aromatic heterocycles. The summed E-state index contributed by atoms with van der Waals surface area (Å²) in [5, 5.41) is 13.5. The molecule has 0 unspecified atom stereocenters. The van der Waals surface area contributed by atoms with E-state index in [9.17, 15) is 35.9 Å². The van der Waals surface area contributed by atoms with Gasteiger partial charge in [-0.2, -0.15) is 31.0 Å². The average Bonchev–Trinajstić information content (AvgIpc) is 3.33. The van der Waals surface area contributed by atoms with Gasteiger partial charge in [-0.1, -0.05) is 18.3 Å². The van der Waals surface area contributed by atoms with Crippen LogP contribution in [-0.4, -0.2) is 36.7 Å². The fourth-order valence-corrected chi connectivity index (χ4v) is 3.13. The molecule has 0 atom stereocenters. The minimum absolute atomic E-state index is 0.0769. The zero-order chi connectivity index (χ0) is 25.1. The molecule has 3 N–H and O–H groups in total. The van der Waals surface area contributed by atoms with Gasteiger partial charge in [0.2, 0.25) is 11.0 Å². The average molecular weight is 495 g/mol. The van der Waals surface area contributed by atoms with E-state index < -0.39 is 40.9 Å². The highest BCUT2D eigenvalue weighted by atomic mass is 32.1. The van der Waals surface area contributed by atoms with Crippen molar-refractivity contribution in [1.29, 1.82) is 0 Å². The quantitative estimate of drug-likeness (QED) is 0.525. The molecule has 0 aliphatic rings. The van der Waals surface area contributed by atoms with Gasteiger partial charge in [-0.15, -0.1) is 5.10 Å². The van der Waals surface area contributed by atoms with Crippen LogP contribution in [0.5, 0.6) is 0 Å². The number of halogens is 6. The second-order valence-corrected chi connectivity index (χ2v) is 7.32. The molecular weight excluding hydrogens is 480 g/mol. The van der Waals surface area contributed by atoms with Crippen molar-refractivity contribution < 1.29 is 41.0 Å². The van der Waals surface area contributed by atoms with Crippen molar-refractivity contribution in [2.24, 2.45) is 5.73 Å². The van der Waals surface area contributed by atoms with Gasteiger partial charge < -0.3 is 10.8 Å². The normalized spacial score (nSPS) is 11.6. The van der Waals surface area contributed by atoms with E-state index in [4.69, 9.17) is 5.11 Å². The van der Waals surface area contributed by atoms with Crippen LogP contribution < -0.4 is 5.73 Å². The number of aromatic carboxylic acids is 1. The van der Waals surface area contributed by atoms with Crippen molar-refractivity contribution in [1.82, 2.24) is 19.7 Å². The number of hydrogen-bond donors (Lipinski definition) is 2. The van der Waals surface area contributed by atoms with Gasteiger partial charge in [0.05, 0.1) is 17.3 Å². The molecule has 3 rings (SSSR count). The lowest BCUT2D eigenvalue weighted by Crippen LogP contribution is -2.17. The molecule has 1 aromatic carbocycles. The first-order valence-electron chi connectivity index (χ1n) is 8.84. The Morgan fingerprint density at radius 3 is 2.03 bits per heavy atom. The SMILES string of the molecule is CCc1nc(C)nn1-c1ncc(C(=O)O)s1.NC(=O)c1cc(C(F)(F)F)cc(C(F)(F)F)c1. The number of amides is 1. The van der Waals surface area contributed by atoms with Gasteiger partial charge in [-0.05, 0) is 25.1 Å². The summed E-state index contributed by atoms with van der Waals surface area (Å²) in [6.45, 7) is 3.76. The van der Waals surface area contributed by atoms with Crippen molar-refractivity contribution in [2.45, 2.75) is 32.6 Å². The minimum atomic E-state index is -4.98. The number of aromatic nitrogens is 4. The molecule has 2 heterocycles. The Morgan fingerprint density at radius 2 is 1.64 bits per heavy atom. The van der Waals surface area contributed by atoms with Gasteiger partial charge in [0.15, 0.2) is 0 Å². The van der Waals surface area contributed by atoms with Gasteiger partial charge in [0, 0.05) is 12.0 Å². The maximum atomic E-state index is 12.3. The molecule has 33 heavy (non-hydrogen) atoms. The Morgan fingerprint density at radius 1 is 1.09 bits per heavy atom. The van der Waals surface area contributed by atoms with E-state index in [2.05, 4.69) is 20.8 Å². The van der Waals surface area contributed by atoms with Crippen molar-refractivity contribution in [3.63, 3.8) is 0 Å². The van der Waals surface area contributed by atoms with Crippen LogP contribution in [0.2, 0.25) is 0 Å². The zero-order valence-electron chi connectivity index (χ0n) is 16.8. The Hall–Kier alpha value is -3.49. The molecule has 0 saturated carbocycles. The summed E-state index contributed by atoms with van der Waals surface area (Å²) in [6.07, 6.45) is -7.90. The number of carboxylic acid groups (broad SMARTS) is 1. The Balaban J connectivity index is 0.000000234. The van der Waals surface area contributed by atoms with Crippen LogP contribution in [0.15, 0.2) is 24.4 Å². The highest BCUT2D eigenvalue weighted by Gasteiger charge is 2.37. The van der Waals surface area contributed by atoms with Crippen molar-refractivity contribution in [2.75, 3.05) is 0 Å². The molecule has 0 aliphatic heterocycles. The van der Waals surface area contributed by atoms with E-state index in [1.165, 1.54) is 6.20 Å². The van der Waals surface area contributed by atoms with Crippen LogP contribution >= 0.6 is 11.3 Å². The van der Waals surface area contributed by atoms with E-state index in [1.807, 2.05) is 6.92 Å². The van der Waals surface area contributed by atoms with Crippen molar-refractivity contribution in [3.8, 4) is 5.13 Å². The number of carboxylic acids is 1. The lowest BCUT2D eigenvalue weighted by Gasteiger charge is -2.12. The number of nitrogens with two attached hydrogens (primary N) is 1. The molecule has 0 fully saturated rings. The maximum Gasteiger partial charge on any atom is 0.416 e. The van der Waals surface area contributed by atoms with E-state index in [0.717, 1.165) is 23.6 Å². The number of aryl methyl sites for hydroxylation is 2. The van der Waals surface area contributed by atoms with Crippen LogP contribution in [0.3, 0.4) is 0 Å². The van der Waals surface area contributed by atoms with E-state index in [-0.39, 0.29) is 23.1 Å². The third kappa shape index (κ3) is 6.50. The minimum Gasteiger partial charge on any atom is -0.477 e. The molecule has 0 bridgehead atoms. The Kier molecular flexibility index (Phi) is 7.46. The summed E-state index contributed by atoms with van der Waals surface area (Å²) in [7, 11) is 0. The van der Waals surface area contributed by atoms with Crippen LogP contribution in [0.1, 0.15) is 49.7 Å². The molecule has 1 amide bonds. The molecule has 0 radical (unpaired) electrons. The van der Waals surface area contributed by atoms with Gasteiger partial charge >= 0.3 is 18.3 Å². The Labute approximate surface area is 185 Å². The fraction of sp³-hybridized carbons (Fsp3) is 0.278. The number of thiazole rings is 1. The predicted octanol–water partition coefficient (Wildman–Crippen LogP) is 4.12. The number of primary amides is 1. The van der Waals surface area contributed by atoms with Gasteiger partial charge in [-0.25, -0.2) is 14.8 Å². The van der Waals surface area contributed by atoms with Gasteiger partial charge in [0.1, 0.15) is 16.5 Å². The third-order valence-electron chi connectivity index (χ3n) is 3.85. The lowest BCUT2D eigenvalue weighted by atomic mass is 10.0. The third-order valence-corrected chi connectivity index (χ3v) is 4.81. The number of carbonyl (C=O) groups excluding carboxylic acids is 1. The first-order chi connectivity index (χ1) is 15.1. The number of hydrogen-bond acceptors (Lipinski definition) is 6. The van der Waals surface area contributed by atoms with Crippen LogP contribution in [0.4, 0.5) is 26.3 Å². The summed E-state index contributed by atoms with van der Waals surface area (Å²) in [5.41, 5.74) is 0.687. The summed E-state index contributed by atoms with van der Waals surface area (Å²) in [6, 6.07) is 0.474. The number of benzene rings is 1. The topological polar surface area (TPSA) is 124 Å². The van der Waals surface area contributed by atoms with Crippen LogP contribution in [-0.2, 0) is 18.8 Å². The van der Waals surface area contributed by atoms with Gasteiger partial charge in [0.25, 0.3) is 0 Å². The number of carbonyl (C=O) groups is 2. The van der Waals surface area contributed by atoms with E-state index >= 15 is 0 Å². The summed E-state index contributed by atoms with van der Waals surface area (Å²) in [5.74, 6) is -0.895. The lowest BCUT2D eigenvalue weighted by molar-refractivity contribution is -0.143. The standard InChI is InChI=1S/C9H5F6NO.C9H10N4O2S/c10-8(11,12)5-1-4(7(16)17)2-6(3-5)9(13,14)15;1-3-7-11-5(2)12-13(7)9-10-4-6(16-9)8(14)15/h1-3H,(H2,16,17);4H,3H2,1-2H3,(H,14,15). The van der Waals surface area contributed by atoms with Crippen LogP contribution in [0, 0.1) is 6.92 Å². The number of alkyl halides is 6. The first-order valence-corrected chi connectivity index (χ1v) is 9.66. The largest absolute Gasteiger partial charge is 0.477 e. The summed E-state index contributed by atoms with van der Waals surface area (Å²) >= 11 is 1.09. The van der Waals surface area contributed by atoms with E-state index in [0.29, 0.717) is 11.0 Å². The predicted molar refractivity (Wildman–Crippen MR) is 103 cm³/mol. The fourth-order valence-electron chi connectivity index (χ4n) is 2.40. The van der Waals surface area contributed by atoms with Crippen molar-refractivity contribution >= 4 is 23.2 Å². The molecule has 0 saturated heterocycles. The molecule has 15 heteroatoms. The highest BCUT2D eigenvalue weighted by molar-refractivity contribution is 7.15. The summed E-state index contributed by atoms with van der Waals surface area (Å²) < 4.78 is 75.3. The molecule has 8 nitrogen and oxygen atoms in total. The maximum absolute atomic E-state index is 12.3. The molecule has 0 spiro atoms. The highest BCUT2D eigenvalue weighted by Crippen LogP contribution is 2.36. The molecule has 3 aromatic rings. The van der Waals surface area contributed by atoms with Crippen LogP contribution in [0.25, 0.3) is 5.13 Å². The van der Waals surface area contributed by atoms with E-state index in [1.54, 1.807) is 11.6 Å². The smallest absolute Gasteiger partial charge is 0.416 e. The molecule has 0 aliphatic carbocycles. The number of rotatable bonds is 4. The second kappa shape index (κ2) is 9.56. The zero-order valence-corrected chi connectivity index (χ0v) is 17.6. The van der Waals surface area contributed by atoms with Gasteiger partial charge in [-0.3, -0.25) is 4.79 Å². The summed E-state index contributed by atoms with van der Waals surface area (Å²) in [4.78, 5) is 29.8. The Bertz CT molecular complexity index is 1140. The first kappa shape index (κ1) is 25.8. The molecule has 178 valence electrons. The second-order valence-electron chi connectivity index (χ2n) is 6.31.